The van der Waals surface area contributed by atoms with E-state index in [-0.39, 0.29) is 5.38 Å². The van der Waals surface area contributed by atoms with Crippen LogP contribution in [0.3, 0.4) is 0 Å². The van der Waals surface area contributed by atoms with Gasteiger partial charge >= 0.3 is 0 Å². The van der Waals surface area contributed by atoms with Crippen LogP contribution in [0.15, 0.2) is 11.1 Å². The van der Waals surface area contributed by atoms with Gasteiger partial charge in [-0.1, -0.05) is 23.2 Å². The minimum absolute atomic E-state index is 0.122. The van der Waals surface area contributed by atoms with Crippen molar-refractivity contribution >= 4 is 46.4 Å². The Labute approximate surface area is 75.7 Å². The lowest BCUT2D eigenvalue weighted by Gasteiger charge is -1.85. The molecule has 0 rings (SSSR count). The van der Waals surface area contributed by atoms with Crippen LogP contribution in [0.5, 0.6) is 0 Å². The summed E-state index contributed by atoms with van der Waals surface area (Å²) in [4.78, 5) is 0. The molecule has 0 spiro atoms. The molecule has 0 aliphatic rings. The molecule has 9 heavy (non-hydrogen) atoms. The number of hydrogen-bond acceptors (Lipinski definition) is 0. The van der Waals surface area contributed by atoms with E-state index in [1.54, 1.807) is 0 Å². The third-order valence-electron chi connectivity index (χ3n) is 0.260. The summed E-state index contributed by atoms with van der Waals surface area (Å²) in [5, 5.41) is 0.122. The van der Waals surface area contributed by atoms with Crippen LogP contribution in [0, 0.1) is 0 Å². The van der Waals surface area contributed by atoms with Crippen LogP contribution in [0.1, 0.15) is 6.92 Å². The zero-order valence-electron chi connectivity index (χ0n) is 4.95. The Balaban J connectivity index is 0. The maximum Gasteiger partial charge on any atom is 0.0443 e. The summed E-state index contributed by atoms with van der Waals surface area (Å²) in [5.74, 6) is 0.543. The monoisotopic (exact) mass is 208 g/mol. The first-order valence-corrected chi connectivity index (χ1v) is 4.08. The van der Waals surface area contributed by atoms with E-state index >= 15 is 0 Å². The Morgan fingerprint density at radius 2 is 1.56 bits per heavy atom. The second-order valence-electron chi connectivity index (χ2n) is 1.19. The second-order valence-corrected chi connectivity index (χ2v) is 2.74. The molecule has 0 fully saturated rings. The van der Waals surface area contributed by atoms with Gasteiger partial charge in [-0.25, -0.2) is 0 Å². The quantitative estimate of drug-likeness (QED) is 0.577. The van der Waals surface area contributed by atoms with Gasteiger partial charge in [0.2, 0.25) is 0 Å². The molecule has 0 bridgehead atoms. The van der Waals surface area contributed by atoms with Gasteiger partial charge in [0.1, 0.15) is 0 Å². The topological polar surface area (TPSA) is 0 Å². The van der Waals surface area contributed by atoms with Crippen LogP contribution >= 0.6 is 46.4 Å². The summed E-state index contributed by atoms with van der Waals surface area (Å²) in [6, 6.07) is 0. The van der Waals surface area contributed by atoms with E-state index in [0.29, 0.717) is 5.88 Å². The number of alkyl halides is 2. The van der Waals surface area contributed by atoms with Crippen LogP contribution in [0.2, 0.25) is 0 Å². The summed E-state index contributed by atoms with van der Waals surface area (Å²) >= 11 is 20.3. The molecule has 0 radical (unpaired) electrons. The van der Waals surface area contributed by atoms with Crippen molar-refractivity contribution in [2.75, 3.05) is 5.88 Å². The number of rotatable bonds is 1. The Kier molecular flexibility index (Phi) is 16.3. The molecule has 0 amide bonds. The van der Waals surface area contributed by atoms with Gasteiger partial charge in [-0.15, -0.1) is 23.2 Å². The Morgan fingerprint density at radius 3 is 1.56 bits per heavy atom. The SMILES string of the molecule is CC(Cl)CCl.Cl/C=C/Cl. The smallest absolute Gasteiger partial charge is 0.0443 e. The Bertz CT molecular complexity index is 56.0. The van der Waals surface area contributed by atoms with Crippen molar-refractivity contribution in [2.24, 2.45) is 0 Å². The molecule has 1 unspecified atom stereocenters. The lowest BCUT2D eigenvalue weighted by atomic mass is 10.6. The number of halogens is 4. The van der Waals surface area contributed by atoms with E-state index in [9.17, 15) is 0 Å². The van der Waals surface area contributed by atoms with Gasteiger partial charge in [0.25, 0.3) is 0 Å². The summed E-state index contributed by atoms with van der Waals surface area (Å²) in [6.07, 6.45) is 0. The van der Waals surface area contributed by atoms with E-state index in [1.807, 2.05) is 6.92 Å². The lowest BCUT2D eigenvalue weighted by molar-refractivity contribution is 1.11. The highest BCUT2D eigenvalue weighted by molar-refractivity contribution is 6.33. The fraction of sp³-hybridized carbons (Fsp3) is 0.600. The molecule has 0 N–H and O–H groups in total. The molecule has 0 saturated heterocycles. The van der Waals surface area contributed by atoms with Gasteiger partial charge in [-0.05, 0) is 6.92 Å². The average molecular weight is 210 g/mol. The summed E-state index contributed by atoms with van der Waals surface area (Å²) in [5.41, 5.74) is 2.48. The van der Waals surface area contributed by atoms with E-state index in [4.69, 9.17) is 46.4 Å². The fourth-order valence-electron chi connectivity index (χ4n) is 0. The van der Waals surface area contributed by atoms with Crippen LogP contribution in [-0.2, 0) is 0 Å². The normalized spacial score (nSPS) is 12.6. The van der Waals surface area contributed by atoms with Gasteiger partial charge in [-0.3, -0.25) is 0 Å². The van der Waals surface area contributed by atoms with Crippen molar-refractivity contribution in [1.29, 1.82) is 0 Å². The van der Waals surface area contributed by atoms with Crippen LogP contribution in [-0.4, -0.2) is 11.3 Å². The minimum atomic E-state index is 0.122. The first-order chi connectivity index (χ1) is 4.18. The minimum Gasteiger partial charge on any atom is -0.125 e. The fourth-order valence-corrected chi connectivity index (χ4v) is 0. The standard InChI is InChI=1S/C3H6Cl2.C2H2Cl2/c1-3(5)2-4;3-1-2-4/h3H,2H2,1H3;1-2H/b;2-1+. The van der Waals surface area contributed by atoms with E-state index < -0.39 is 0 Å². The van der Waals surface area contributed by atoms with Crippen molar-refractivity contribution in [2.45, 2.75) is 12.3 Å². The zero-order valence-corrected chi connectivity index (χ0v) is 7.97. The molecule has 4 heteroatoms. The maximum atomic E-state index is 5.33. The van der Waals surface area contributed by atoms with Crippen LogP contribution < -0.4 is 0 Å². The largest absolute Gasteiger partial charge is 0.125 e. The predicted octanol–water partition coefficient (Wildman–Crippen LogP) is 3.79. The summed E-state index contributed by atoms with van der Waals surface area (Å²) in [6.45, 7) is 1.86. The molecule has 1 atom stereocenters. The van der Waals surface area contributed by atoms with Crippen molar-refractivity contribution in [1.82, 2.24) is 0 Å². The first-order valence-electron chi connectivity index (χ1n) is 2.24. The van der Waals surface area contributed by atoms with Gasteiger partial charge in [0.15, 0.2) is 0 Å². The molecule has 0 aliphatic heterocycles. The molecular formula is C5H8Cl4. The zero-order chi connectivity index (χ0) is 7.70. The maximum absolute atomic E-state index is 5.33. The lowest BCUT2D eigenvalue weighted by Crippen LogP contribution is -1.87. The first kappa shape index (κ1) is 12.6. The van der Waals surface area contributed by atoms with Crippen molar-refractivity contribution in [3.63, 3.8) is 0 Å². The second kappa shape index (κ2) is 11.7. The van der Waals surface area contributed by atoms with Crippen molar-refractivity contribution in [3.05, 3.63) is 11.1 Å². The Morgan fingerprint density at radius 1 is 1.33 bits per heavy atom. The van der Waals surface area contributed by atoms with Gasteiger partial charge in [-0.2, -0.15) is 0 Å². The highest BCUT2D eigenvalue weighted by Crippen LogP contribution is 1.93. The van der Waals surface area contributed by atoms with E-state index in [2.05, 4.69) is 0 Å². The Hall–Kier alpha value is 0.900. The summed E-state index contributed by atoms with van der Waals surface area (Å²) in [7, 11) is 0. The average Bonchev–Trinajstić information content (AvgIpc) is 1.89. The molecule has 0 heterocycles. The van der Waals surface area contributed by atoms with Gasteiger partial charge < -0.3 is 0 Å². The van der Waals surface area contributed by atoms with Gasteiger partial charge in [0, 0.05) is 22.3 Å². The van der Waals surface area contributed by atoms with E-state index in [1.165, 1.54) is 11.1 Å². The van der Waals surface area contributed by atoms with Crippen LogP contribution in [0.4, 0.5) is 0 Å². The molecule has 0 aromatic heterocycles. The number of hydrogen-bond donors (Lipinski definition) is 0. The molecule has 0 aromatic carbocycles. The molecule has 0 nitrogen and oxygen atoms in total. The molecule has 0 saturated carbocycles. The third kappa shape index (κ3) is 27.9. The van der Waals surface area contributed by atoms with Crippen molar-refractivity contribution in [3.8, 4) is 0 Å². The molecule has 56 valence electrons. The van der Waals surface area contributed by atoms with Crippen LogP contribution in [0.25, 0.3) is 0 Å². The van der Waals surface area contributed by atoms with Crippen molar-refractivity contribution < 1.29 is 0 Å². The highest BCUT2D eigenvalue weighted by atomic mass is 35.5. The predicted molar refractivity (Wildman–Crippen MR) is 46.9 cm³/mol. The van der Waals surface area contributed by atoms with E-state index in [0.717, 1.165) is 0 Å². The highest BCUT2D eigenvalue weighted by Gasteiger charge is 1.85. The molecule has 0 aliphatic carbocycles. The van der Waals surface area contributed by atoms with Gasteiger partial charge in [0.05, 0.1) is 0 Å². The molecular weight excluding hydrogens is 202 g/mol. The third-order valence-corrected chi connectivity index (χ3v) is 1.42. The summed E-state index contributed by atoms with van der Waals surface area (Å²) < 4.78 is 0. The molecule has 0 aromatic rings.